The third-order valence-corrected chi connectivity index (χ3v) is 7.34. The molecule has 0 N–H and O–H groups in total. The maximum Gasteiger partial charge on any atom is 0.243 e. The van der Waals surface area contributed by atoms with Gasteiger partial charge in [-0.25, -0.2) is 8.42 Å². The van der Waals surface area contributed by atoms with E-state index in [0.717, 1.165) is 38.9 Å². The van der Waals surface area contributed by atoms with Gasteiger partial charge in [-0.2, -0.15) is 4.31 Å². The molecule has 0 amide bonds. The molecule has 0 spiro atoms. The van der Waals surface area contributed by atoms with Crippen molar-refractivity contribution in [1.29, 1.82) is 0 Å². The van der Waals surface area contributed by atoms with Gasteiger partial charge in [0, 0.05) is 45.1 Å². The summed E-state index contributed by atoms with van der Waals surface area (Å²) in [7, 11) is -3.40. The molecule has 2 aliphatic rings. The molecule has 1 saturated heterocycles. The zero-order chi connectivity index (χ0) is 18.0. The van der Waals surface area contributed by atoms with Crippen molar-refractivity contribution < 1.29 is 8.42 Å². The lowest BCUT2D eigenvalue weighted by atomic mass is 9.92. The van der Waals surface area contributed by atoms with Crippen molar-refractivity contribution in [3.63, 3.8) is 0 Å². The van der Waals surface area contributed by atoms with Crippen LogP contribution in [0.1, 0.15) is 29.5 Å². The molecule has 2 aromatic rings. The predicted molar refractivity (Wildman–Crippen MR) is 101 cm³/mol. The predicted octanol–water partition coefficient (Wildman–Crippen LogP) is 2.47. The Balaban J connectivity index is 1.43. The molecular weight excluding hydrogens is 346 g/mol. The molecule has 2 heterocycles. The lowest BCUT2D eigenvalue weighted by Gasteiger charge is -2.34. The Labute approximate surface area is 155 Å². The Kier molecular flexibility index (Phi) is 5.07. The second kappa shape index (κ2) is 7.47. The Morgan fingerprint density at radius 1 is 0.885 bits per heavy atom. The molecule has 0 bridgehead atoms. The highest BCUT2D eigenvalue weighted by atomic mass is 32.2. The quantitative estimate of drug-likeness (QED) is 0.829. The smallest absolute Gasteiger partial charge is 0.243 e. The second-order valence-electron chi connectivity index (χ2n) is 7.17. The van der Waals surface area contributed by atoms with Crippen molar-refractivity contribution in [1.82, 2.24) is 14.2 Å². The number of aryl methyl sites for hydroxylation is 2. The van der Waals surface area contributed by atoms with Gasteiger partial charge in [-0.1, -0.05) is 6.07 Å². The minimum atomic E-state index is -3.40. The monoisotopic (exact) mass is 371 g/mol. The molecule has 0 radical (unpaired) electrons. The second-order valence-corrected chi connectivity index (χ2v) is 9.11. The maximum atomic E-state index is 13.0. The van der Waals surface area contributed by atoms with Gasteiger partial charge in [0.05, 0.1) is 4.90 Å². The summed E-state index contributed by atoms with van der Waals surface area (Å²) in [5.74, 6) is 0. The van der Waals surface area contributed by atoms with E-state index in [1.54, 1.807) is 22.8 Å². The first kappa shape index (κ1) is 17.6. The van der Waals surface area contributed by atoms with E-state index in [2.05, 4.69) is 9.88 Å². The summed E-state index contributed by atoms with van der Waals surface area (Å²) in [4.78, 5) is 6.80. The lowest BCUT2D eigenvalue weighted by molar-refractivity contribution is 0.181. The van der Waals surface area contributed by atoms with Crippen LogP contribution in [-0.4, -0.2) is 48.8 Å². The highest BCUT2D eigenvalue weighted by molar-refractivity contribution is 7.89. The van der Waals surface area contributed by atoms with Gasteiger partial charge in [0.15, 0.2) is 0 Å². The Morgan fingerprint density at radius 2 is 1.58 bits per heavy atom. The molecule has 4 rings (SSSR count). The third-order valence-electron chi connectivity index (χ3n) is 5.44. The maximum absolute atomic E-state index is 13.0. The van der Waals surface area contributed by atoms with Crippen LogP contribution in [0.15, 0.2) is 47.6 Å². The van der Waals surface area contributed by atoms with Crippen molar-refractivity contribution >= 4 is 10.0 Å². The summed E-state index contributed by atoms with van der Waals surface area (Å²) in [6, 6.07) is 9.74. The molecule has 1 aromatic carbocycles. The molecule has 1 aromatic heterocycles. The largest absolute Gasteiger partial charge is 0.296 e. The van der Waals surface area contributed by atoms with Gasteiger partial charge in [0.1, 0.15) is 0 Å². The number of sulfonamides is 1. The number of rotatable bonds is 4. The van der Waals surface area contributed by atoms with Crippen LogP contribution < -0.4 is 0 Å². The zero-order valence-electron chi connectivity index (χ0n) is 15.0. The van der Waals surface area contributed by atoms with Crippen molar-refractivity contribution in [2.24, 2.45) is 0 Å². The topological polar surface area (TPSA) is 53.5 Å². The van der Waals surface area contributed by atoms with E-state index < -0.39 is 10.0 Å². The molecule has 138 valence electrons. The number of pyridine rings is 1. The van der Waals surface area contributed by atoms with Crippen LogP contribution in [-0.2, 0) is 29.4 Å². The zero-order valence-corrected chi connectivity index (χ0v) is 15.8. The molecular formula is C20H25N3O2S. The fraction of sp³-hybridized carbons (Fsp3) is 0.450. The molecule has 0 atom stereocenters. The fourth-order valence-electron chi connectivity index (χ4n) is 3.89. The van der Waals surface area contributed by atoms with Crippen LogP contribution in [0, 0.1) is 0 Å². The molecule has 1 aliphatic carbocycles. The molecule has 5 nitrogen and oxygen atoms in total. The van der Waals surface area contributed by atoms with Gasteiger partial charge >= 0.3 is 0 Å². The van der Waals surface area contributed by atoms with Gasteiger partial charge in [0.2, 0.25) is 10.0 Å². The summed E-state index contributed by atoms with van der Waals surface area (Å²) in [5.41, 5.74) is 3.75. The Bertz CT molecular complexity index is 860. The van der Waals surface area contributed by atoms with Crippen molar-refractivity contribution in [3.8, 4) is 0 Å². The molecule has 1 aliphatic heterocycles. The normalized spacial score (nSPS) is 19.2. The Morgan fingerprint density at radius 3 is 2.31 bits per heavy atom. The third kappa shape index (κ3) is 3.68. The number of hydrogen-bond acceptors (Lipinski definition) is 4. The number of piperazine rings is 1. The van der Waals surface area contributed by atoms with Crippen LogP contribution >= 0.6 is 0 Å². The highest BCUT2D eigenvalue weighted by Gasteiger charge is 2.29. The standard InChI is InChI=1S/C20H25N3O2S/c24-26(25,20-6-5-18-3-1-2-4-19(18)15-20)23-13-11-22(12-14-23)16-17-7-9-21-10-8-17/h5-10,15H,1-4,11-14,16H2. The lowest BCUT2D eigenvalue weighted by Crippen LogP contribution is -2.48. The van der Waals surface area contributed by atoms with Gasteiger partial charge < -0.3 is 0 Å². The molecule has 6 heteroatoms. The van der Waals surface area contributed by atoms with E-state index >= 15 is 0 Å². The highest BCUT2D eigenvalue weighted by Crippen LogP contribution is 2.26. The molecule has 0 saturated carbocycles. The van der Waals surface area contributed by atoms with E-state index in [9.17, 15) is 8.42 Å². The first-order valence-electron chi connectivity index (χ1n) is 9.36. The van der Waals surface area contributed by atoms with E-state index in [0.29, 0.717) is 18.0 Å². The van der Waals surface area contributed by atoms with Crippen LogP contribution in [0.25, 0.3) is 0 Å². The van der Waals surface area contributed by atoms with Gasteiger partial charge in [-0.3, -0.25) is 9.88 Å². The van der Waals surface area contributed by atoms with Crippen LogP contribution in [0.3, 0.4) is 0 Å². The minimum absolute atomic E-state index is 0.459. The number of hydrogen-bond donors (Lipinski definition) is 0. The summed E-state index contributed by atoms with van der Waals surface area (Å²) in [5, 5.41) is 0. The minimum Gasteiger partial charge on any atom is -0.296 e. The summed E-state index contributed by atoms with van der Waals surface area (Å²) in [6.45, 7) is 3.45. The van der Waals surface area contributed by atoms with E-state index in [1.165, 1.54) is 23.1 Å². The van der Waals surface area contributed by atoms with Crippen LogP contribution in [0.5, 0.6) is 0 Å². The first-order valence-corrected chi connectivity index (χ1v) is 10.8. The summed E-state index contributed by atoms with van der Waals surface area (Å²) >= 11 is 0. The van der Waals surface area contributed by atoms with Crippen molar-refractivity contribution in [2.75, 3.05) is 26.2 Å². The van der Waals surface area contributed by atoms with Gasteiger partial charge in [-0.15, -0.1) is 0 Å². The van der Waals surface area contributed by atoms with Crippen LogP contribution in [0.2, 0.25) is 0 Å². The molecule has 0 unspecified atom stereocenters. The summed E-state index contributed by atoms with van der Waals surface area (Å²) < 4.78 is 27.7. The molecule has 1 fully saturated rings. The average Bonchev–Trinajstić information content (AvgIpc) is 2.69. The first-order chi connectivity index (χ1) is 12.6. The number of benzene rings is 1. The van der Waals surface area contributed by atoms with E-state index in [1.807, 2.05) is 24.3 Å². The van der Waals surface area contributed by atoms with E-state index in [-0.39, 0.29) is 0 Å². The van der Waals surface area contributed by atoms with Crippen LogP contribution in [0.4, 0.5) is 0 Å². The number of fused-ring (bicyclic) bond motifs is 1. The van der Waals surface area contributed by atoms with Gasteiger partial charge in [-0.05, 0) is 66.6 Å². The SMILES string of the molecule is O=S(=O)(c1ccc2c(c1)CCCC2)N1CCN(Cc2ccncc2)CC1. The number of nitrogens with zero attached hydrogens (tertiary/aromatic N) is 3. The van der Waals surface area contributed by atoms with E-state index in [4.69, 9.17) is 0 Å². The van der Waals surface area contributed by atoms with Gasteiger partial charge in [0.25, 0.3) is 0 Å². The Hall–Kier alpha value is -1.76. The summed E-state index contributed by atoms with van der Waals surface area (Å²) in [6.07, 6.45) is 8.03. The number of aromatic nitrogens is 1. The van der Waals surface area contributed by atoms with Crippen molar-refractivity contribution in [2.45, 2.75) is 37.1 Å². The van der Waals surface area contributed by atoms with Crippen molar-refractivity contribution in [3.05, 3.63) is 59.4 Å². The average molecular weight is 372 g/mol. The fourth-order valence-corrected chi connectivity index (χ4v) is 5.37. The molecule has 26 heavy (non-hydrogen) atoms.